The Morgan fingerprint density at radius 3 is 2.64 bits per heavy atom. The molecule has 36 heavy (non-hydrogen) atoms. The van der Waals surface area contributed by atoms with Gasteiger partial charge in [-0.25, -0.2) is 17.9 Å². The Morgan fingerprint density at radius 1 is 1.28 bits per heavy atom. The largest absolute Gasteiger partial charge is 0.501 e. The zero-order chi connectivity index (χ0) is 25.8. The van der Waals surface area contributed by atoms with Crippen LogP contribution in [-0.4, -0.2) is 56.0 Å². The number of aromatic nitrogens is 3. The van der Waals surface area contributed by atoms with E-state index in [0.717, 1.165) is 23.3 Å². The minimum Gasteiger partial charge on any atom is -0.357 e. The Labute approximate surface area is 209 Å². The lowest BCUT2D eigenvalue weighted by molar-refractivity contribution is -0.456. The molecule has 0 aromatic carbocycles. The molecule has 11 nitrogen and oxygen atoms in total. The monoisotopic (exact) mass is 513 g/mol. The van der Waals surface area contributed by atoms with Crippen LogP contribution in [0.5, 0.6) is 0 Å². The first-order chi connectivity index (χ1) is 17.0. The molecule has 3 aliphatic rings. The van der Waals surface area contributed by atoms with Crippen LogP contribution < -0.4 is 4.72 Å². The number of carbonyl (C=O) groups is 2. The van der Waals surface area contributed by atoms with Crippen molar-refractivity contribution in [2.45, 2.75) is 65.2 Å². The third kappa shape index (κ3) is 4.58. The van der Waals surface area contributed by atoms with Crippen LogP contribution in [0, 0.1) is 12.8 Å². The Hall–Kier alpha value is -3.38. The van der Waals surface area contributed by atoms with E-state index in [1.165, 1.54) is 16.7 Å². The molecule has 3 amide bonds. The molecule has 0 bridgehead atoms. The van der Waals surface area contributed by atoms with E-state index in [4.69, 9.17) is 4.52 Å². The van der Waals surface area contributed by atoms with E-state index < -0.39 is 33.4 Å². The normalized spacial score (nSPS) is 21.3. The maximum Gasteiger partial charge on any atom is 0.501 e. The van der Waals surface area contributed by atoms with Crippen LogP contribution in [0.25, 0.3) is 0 Å². The number of nitrogens with zero attached hydrogens (tertiary/aromatic N) is 5. The standard InChI is InChI=1S/C24H29N6O5S/c1-15(2)30-13-17(11-25-30)12-28-21-6-5-19(36(33,34)27-24(4)7-8-24)10-20(21)22(31)29(23(28)32)14-18-9-16(3)26-35-18/h5-6,9-11,13,15,20,27H,7-8,12,14H2,1-4H3/q+1. The van der Waals surface area contributed by atoms with Gasteiger partial charge in [-0.15, -0.1) is 0 Å². The lowest BCUT2D eigenvalue weighted by atomic mass is 9.94. The molecule has 1 N–H and O–H groups in total. The average Bonchev–Trinajstić information content (AvgIpc) is 3.19. The first-order valence-electron chi connectivity index (χ1n) is 11.8. The fraction of sp³-hybridized carbons (Fsp3) is 0.458. The number of aryl methyl sites for hydroxylation is 1. The molecule has 1 aliphatic heterocycles. The van der Waals surface area contributed by atoms with Gasteiger partial charge in [0.05, 0.1) is 16.8 Å². The predicted octanol–water partition coefficient (Wildman–Crippen LogP) is 2.42. The van der Waals surface area contributed by atoms with Gasteiger partial charge >= 0.3 is 11.9 Å². The maximum atomic E-state index is 13.6. The summed E-state index contributed by atoms with van der Waals surface area (Å²) >= 11 is 0. The first-order valence-corrected chi connectivity index (χ1v) is 13.3. The van der Waals surface area contributed by atoms with Crippen LogP contribution in [0.2, 0.25) is 0 Å². The van der Waals surface area contributed by atoms with Crippen LogP contribution >= 0.6 is 0 Å². The van der Waals surface area contributed by atoms with Gasteiger partial charge in [-0.1, -0.05) is 5.16 Å². The molecule has 0 spiro atoms. The molecule has 2 aliphatic carbocycles. The molecule has 5 rings (SSSR count). The van der Waals surface area contributed by atoms with Crippen LogP contribution in [0.15, 0.2) is 46.1 Å². The highest BCUT2D eigenvalue weighted by Crippen LogP contribution is 2.36. The Bertz CT molecular complexity index is 1440. The summed E-state index contributed by atoms with van der Waals surface area (Å²) in [5, 5.41) is 8.19. The number of fused-ring (bicyclic) bond motifs is 1. The van der Waals surface area contributed by atoms with E-state index in [1.54, 1.807) is 29.9 Å². The van der Waals surface area contributed by atoms with Gasteiger partial charge in [0.2, 0.25) is 10.0 Å². The average molecular weight is 514 g/mol. The molecule has 1 saturated carbocycles. The van der Waals surface area contributed by atoms with Crippen molar-refractivity contribution in [1.29, 1.82) is 0 Å². The van der Waals surface area contributed by atoms with E-state index in [9.17, 15) is 18.0 Å². The quantitative estimate of drug-likeness (QED) is 0.537. The van der Waals surface area contributed by atoms with Gasteiger partial charge in [0.25, 0.3) is 0 Å². The van der Waals surface area contributed by atoms with Crippen molar-refractivity contribution in [2.24, 2.45) is 5.92 Å². The minimum atomic E-state index is -3.83. The molecule has 1 atom stereocenters. The molecule has 3 heterocycles. The van der Waals surface area contributed by atoms with Crippen LogP contribution in [0.1, 0.15) is 56.7 Å². The number of carbonyl (C=O) groups excluding carboxylic acids is 2. The second kappa shape index (κ2) is 8.63. The lowest BCUT2D eigenvalue weighted by Gasteiger charge is -2.27. The topological polar surface area (TPSA) is 130 Å². The van der Waals surface area contributed by atoms with Crippen molar-refractivity contribution in [3.63, 3.8) is 0 Å². The molecule has 190 valence electrons. The smallest absolute Gasteiger partial charge is 0.357 e. The summed E-state index contributed by atoms with van der Waals surface area (Å²) in [6, 6.07) is 1.28. The van der Waals surface area contributed by atoms with Gasteiger partial charge in [-0.3, -0.25) is 4.68 Å². The number of imide groups is 1. The molecular weight excluding hydrogens is 484 g/mol. The van der Waals surface area contributed by atoms with E-state index in [0.29, 0.717) is 17.2 Å². The highest BCUT2D eigenvalue weighted by Gasteiger charge is 2.49. The minimum absolute atomic E-state index is 0.00936. The molecule has 12 heteroatoms. The molecule has 0 saturated heterocycles. The number of urea groups is 1. The number of nitrogens with one attached hydrogen (secondary N) is 1. The van der Waals surface area contributed by atoms with E-state index >= 15 is 0 Å². The molecule has 0 radical (unpaired) electrons. The lowest BCUT2D eigenvalue weighted by Crippen LogP contribution is -2.54. The summed E-state index contributed by atoms with van der Waals surface area (Å²) < 4.78 is 37.3. The second-order valence-electron chi connectivity index (χ2n) is 10.1. The highest BCUT2D eigenvalue weighted by molar-refractivity contribution is 7.93. The SMILES string of the molecule is Cc1cc(CN2C(=O)C3C=C(S(=O)(=O)NC4(C)CC4)C=CC3=[N+](Cc3cnn(C(C)C)c3)C2=O)on1. The number of sulfonamides is 1. The summed E-state index contributed by atoms with van der Waals surface area (Å²) in [6.45, 7) is 7.66. The van der Waals surface area contributed by atoms with Crippen molar-refractivity contribution in [3.8, 4) is 0 Å². The summed E-state index contributed by atoms with van der Waals surface area (Å²) in [6.07, 6.45) is 9.47. The Morgan fingerprint density at radius 2 is 2.03 bits per heavy atom. The molecular formula is C24H29N6O5S+. The summed E-state index contributed by atoms with van der Waals surface area (Å²) in [4.78, 5) is 28.2. The third-order valence-corrected chi connectivity index (χ3v) is 8.23. The van der Waals surface area contributed by atoms with Gasteiger partial charge in [0.1, 0.15) is 18.2 Å². The third-order valence-electron chi connectivity index (χ3n) is 6.58. The van der Waals surface area contributed by atoms with E-state index in [-0.39, 0.29) is 24.0 Å². The fourth-order valence-corrected chi connectivity index (χ4v) is 5.81. The number of hydrogen-bond acceptors (Lipinski definition) is 7. The van der Waals surface area contributed by atoms with Crippen LogP contribution in [-0.2, 0) is 27.9 Å². The van der Waals surface area contributed by atoms with Gasteiger partial charge in [0, 0.05) is 29.4 Å². The summed E-state index contributed by atoms with van der Waals surface area (Å²) in [7, 11) is -3.83. The van der Waals surface area contributed by atoms with Crippen molar-refractivity contribution in [3.05, 3.63) is 58.6 Å². The zero-order valence-electron chi connectivity index (χ0n) is 20.6. The van der Waals surface area contributed by atoms with E-state index in [2.05, 4.69) is 15.0 Å². The van der Waals surface area contributed by atoms with Gasteiger partial charge < -0.3 is 4.52 Å². The van der Waals surface area contributed by atoms with Crippen molar-refractivity contribution in [1.82, 2.24) is 24.6 Å². The first kappa shape index (κ1) is 24.3. The molecule has 2 aromatic heterocycles. The zero-order valence-corrected chi connectivity index (χ0v) is 21.4. The van der Waals surface area contributed by atoms with Crippen molar-refractivity contribution in [2.75, 3.05) is 0 Å². The summed E-state index contributed by atoms with van der Waals surface area (Å²) in [5.74, 6) is -1.11. The number of hydrogen-bond donors (Lipinski definition) is 1. The van der Waals surface area contributed by atoms with E-state index in [1.807, 2.05) is 27.0 Å². The van der Waals surface area contributed by atoms with Gasteiger partial charge in [-0.2, -0.15) is 19.4 Å². The predicted molar refractivity (Wildman–Crippen MR) is 129 cm³/mol. The maximum absolute atomic E-state index is 13.6. The molecule has 1 unspecified atom stereocenters. The van der Waals surface area contributed by atoms with Gasteiger partial charge in [-0.05, 0) is 58.8 Å². The number of allylic oxidation sites excluding steroid dienone is 2. The number of rotatable bonds is 8. The number of amides is 3. The van der Waals surface area contributed by atoms with Crippen LogP contribution in [0.3, 0.4) is 0 Å². The molecule has 1 fully saturated rings. The van der Waals surface area contributed by atoms with Crippen molar-refractivity contribution < 1.29 is 27.1 Å². The van der Waals surface area contributed by atoms with Crippen LogP contribution in [0.4, 0.5) is 4.79 Å². The van der Waals surface area contributed by atoms with Crippen molar-refractivity contribution >= 4 is 27.7 Å². The summed E-state index contributed by atoms with van der Waals surface area (Å²) in [5.41, 5.74) is 1.37. The highest BCUT2D eigenvalue weighted by atomic mass is 32.2. The Kier molecular flexibility index (Phi) is 5.83. The Balaban J connectivity index is 1.53. The molecule has 2 aromatic rings. The fourth-order valence-electron chi connectivity index (χ4n) is 4.28. The van der Waals surface area contributed by atoms with Gasteiger partial charge in [0.15, 0.2) is 12.3 Å². The second-order valence-corrected chi connectivity index (χ2v) is 11.8.